The Kier molecular flexibility index (Phi) is 4.27. The summed E-state index contributed by atoms with van der Waals surface area (Å²) in [6.07, 6.45) is 0. The van der Waals surface area contributed by atoms with Crippen molar-refractivity contribution in [2.24, 2.45) is 0 Å². The number of aryl methyl sites for hydroxylation is 1. The van der Waals surface area contributed by atoms with Gasteiger partial charge in [0.25, 0.3) is 10.0 Å². The van der Waals surface area contributed by atoms with Crippen molar-refractivity contribution in [1.82, 2.24) is 0 Å². The quantitative estimate of drug-likeness (QED) is 0.802. The second-order valence-corrected chi connectivity index (χ2v) is 7.22. The summed E-state index contributed by atoms with van der Waals surface area (Å²) in [6.45, 7) is 1.87. The van der Waals surface area contributed by atoms with Gasteiger partial charge in [0.15, 0.2) is 0 Å². The molecule has 0 bridgehead atoms. The van der Waals surface area contributed by atoms with Gasteiger partial charge in [-0.15, -0.1) is 0 Å². The Labute approximate surface area is 131 Å². The number of nitrogens with one attached hydrogen (secondary N) is 1. The van der Waals surface area contributed by atoms with Crippen molar-refractivity contribution >= 4 is 48.9 Å². The van der Waals surface area contributed by atoms with Gasteiger partial charge < -0.3 is 5.73 Å². The van der Waals surface area contributed by atoms with Crippen LogP contribution in [0.1, 0.15) is 5.56 Å². The van der Waals surface area contributed by atoms with Gasteiger partial charge in [-0.25, -0.2) is 8.42 Å². The van der Waals surface area contributed by atoms with E-state index < -0.39 is 10.0 Å². The minimum Gasteiger partial charge on any atom is -0.398 e. The van der Waals surface area contributed by atoms with Crippen molar-refractivity contribution in [3.8, 4) is 0 Å². The number of rotatable bonds is 3. The molecule has 20 heavy (non-hydrogen) atoms. The molecule has 7 heteroatoms. The number of nitrogens with two attached hydrogens (primary N) is 1. The lowest BCUT2D eigenvalue weighted by molar-refractivity contribution is 0.601. The van der Waals surface area contributed by atoms with E-state index in [0.717, 1.165) is 5.56 Å². The molecule has 0 spiro atoms. The summed E-state index contributed by atoms with van der Waals surface area (Å²) in [5.74, 6) is 0. The van der Waals surface area contributed by atoms with E-state index in [9.17, 15) is 8.42 Å². The van der Waals surface area contributed by atoms with Crippen LogP contribution >= 0.6 is 27.5 Å². The number of anilines is 2. The molecule has 0 aliphatic rings. The normalized spacial score (nSPS) is 11.3. The number of nitrogen functional groups attached to an aromatic ring is 1. The summed E-state index contributed by atoms with van der Waals surface area (Å²) in [5, 5.41) is 0.346. The largest absolute Gasteiger partial charge is 0.398 e. The first-order valence-corrected chi connectivity index (χ1v) is 8.29. The highest BCUT2D eigenvalue weighted by molar-refractivity contribution is 9.10. The van der Waals surface area contributed by atoms with E-state index in [2.05, 4.69) is 20.7 Å². The molecule has 106 valence electrons. The lowest BCUT2D eigenvalue weighted by Gasteiger charge is -2.11. The third-order valence-electron chi connectivity index (χ3n) is 2.65. The zero-order valence-electron chi connectivity index (χ0n) is 10.5. The predicted octanol–water partition coefficient (Wildman–Crippen LogP) is 3.79. The molecule has 0 heterocycles. The Hall–Kier alpha value is -1.24. The average Bonchev–Trinajstić information content (AvgIpc) is 2.36. The molecule has 2 aromatic rings. The van der Waals surface area contributed by atoms with E-state index >= 15 is 0 Å². The maximum atomic E-state index is 12.3. The summed E-state index contributed by atoms with van der Waals surface area (Å²) in [5.41, 5.74) is 7.33. The molecule has 2 rings (SSSR count). The fraction of sp³-hybridized carbons (Fsp3) is 0.0769. The molecule has 0 saturated heterocycles. The molecule has 0 saturated carbocycles. The molecule has 0 unspecified atom stereocenters. The van der Waals surface area contributed by atoms with E-state index in [0.29, 0.717) is 20.9 Å². The predicted molar refractivity (Wildman–Crippen MR) is 85.6 cm³/mol. The van der Waals surface area contributed by atoms with E-state index in [1.807, 2.05) is 6.92 Å². The second-order valence-electron chi connectivity index (χ2n) is 4.27. The summed E-state index contributed by atoms with van der Waals surface area (Å²) >= 11 is 9.24. The van der Waals surface area contributed by atoms with E-state index in [1.54, 1.807) is 24.3 Å². The van der Waals surface area contributed by atoms with Crippen LogP contribution in [0, 0.1) is 6.92 Å². The molecule has 0 aromatic heterocycles. The fourth-order valence-electron chi connectivity index (χ4n) is 1.60. The zero-order valence-corrected chi connectivity index (χ0v) is 13.7. The molecule has 0 amide bonds. The maximum absolute atomic E-state index is 12.3. The van der Waals surface area contributed by atoms with Crippen LogP contribution in [0.3, 0.4) is 0 Å². The van der Waals surface area contributed by atoms with Gasteiger partial charge in [-0.2, -0.15) is 0 Å². The summed E-state index contributed by atoms with van der Waals surface area (Å²) in [7, 11) is -3.72. The van der Waals surface area contributed by atoms with Gasteiger partial charge in [0, 0.05) is 10.2 Å². The highest BCUT2D eigenvalue weighted by atomic mass is 79.9. The van der Waals surface area contributed by atoms with E-state index in [4.69, 9.17) is 17.3 Å². The summed E-state index contributed by atoms with van der Waals surface area (Å²) in [6, 6.07) is 9.52. The van der Waals surface area contributed by atoms with Crippen molar-refractivity contribution in [2.75, 3.05) is 10.5 Å². The van der Waals surface area contributed by atoms with Crippen molar-refractivity contribution in [3.05, 3.63) is 51.5 Å². The van der Waals surface area contributed by atoms with Crippen molar-refractivity contribution in [2.45, 2.75) is 11.8 Å². The fourth-order valence-corrected chi connectivity index (χ4v) is 3.30. The highest BCUT2D eigenvalue weighted by Gasteiger charge is 2.16. The van der Waals surface area contributed by atoms with E-state index in [-0.39, 0.29) is 4.90 Å². The molecule has 4 nitrogen and oxygen atoms in total. The molecule has 0 radical (unpaired) electrons. The van der Waals surface area contributed by atoms with Crippen molar-refractivity contribution in [1.29, 1.82) is 0 Å². The third kappa shape index (κ3) is 3.26. The summed E-state index contributed by atoms with van der Waals surface area (Å²) < 4.78 is 27.6. The van der Waals surface area contributed by atoms with Gasteiger partial charge in [0.05, 0.1) is 15.6 Å². The molecule has 0 aliphatic heterocycles. The van der Waals surface area contributed by atoms with Crippen LogP contribution < -0.4 is 10.5 Å². The van der Waals surface area contributed by atoms with Gasteiger partial charge in [0.1, 0.15) is 0 Å². The Morgan fingerprint density at radius 3 is 2.50 bits per heavy atom. The third-order valence-corrected chi connectivity index (χ3v) is 5.04. The molecule has 0 aliphatic carbocycles. The molecule has 2 aromatic carbocycles. The minimum atomic E-state index is -3.72. The van der Waals surface area contributed by atoms with Crippen molar-refractivity contribution < 1.29 is 8.42 Å². The Morgan fingerprint density at radius 1 is 1.20 bits per heavy atom. The van der Waals surface area contributed by atoms with Gasteiger partial charge in [-0.1, -0.05) is 17.7 Å². The van der Waals surface area contributed by atoms with Crippen LogP contribution in [-0.4, -0.2) is 8.42 Å². The van der Waals surface area contributed by atoms with Crippen LogP contribution in [0.15, 0.2) is 45.8 Å². The molecular formula is C13H12BrClN2O2S. The molecule has 0 atom stereocenters. The number of benzene rings is 2. The van der Waals surface area contributed by atoms with Crippen LogP contribution in [0.5, 0.6) is 0 Å². The maximum Gasteiger partial charge on any atom is 0.262 e. The number of hydrogen-bond donors (Lipinski definition) is 2. The molecule has 0 fully saturated rings. The standard InChI is InChI=1S/C13H12BrClN2O2S/c1-8-2-5-13(11(15)6-8)17-20(18,19)9-3-4-10(14)12(16)7-9/h2-7,17H,16H2,1H3. The van der Waals surface area contributed by atoms with Gasteiger partial charge in [-0.05, 0) is 58.7 Å². The Morgan fingerprint density at radius 2 is 1.90 bits per heavy atom. The molecule has 3 N–H and O–H groups in total. The average molecular weight is 376 g/mol. The monoisotopic (exact) mass is 374 g/mol. The smallest absolute Gasteiger partial charge is 0.262 e. The number of hydrogen-bond acceptors (Lipinski definition) is 3. The van der Waals surface area contributed by atoms with Gasteiger partial charge in [-0.3, -0.25) is 4.72 Å². The van der Waals surface area contributed by atoms with Crippen molar-refractivity contribution in [3.63, 3.8) is 0 Å². The Balaban J connectivity index is 2.38. The van der Waals surface area contributed by atoms with E-state index in [1.165, 1.54) is 12.1 Å². The van der Waals surface area contributed by atoms with Crippen LogP contribution in [0.25, 0.3) is 0 Å². The SMILES string of the molecule is Cc1ccc(NS(=O)(=O)c2ccc(Br)c(N)c2)c(Cl)c1. The van der Waals surface area contributed by atoms with Crippen LogP contribution in [0.4, 0.5) is 11.4 Å². The van der Waals surface area contributed by atoms with Crippen LogP contribution in [-0.2, 0) is 10.0 Å². The lowest BCUT2D eigenvalue weighted by atomic mass is 10.2. The van der Waals surface area contributed by atoms with Crippen LogP contribution in [0.2, 0.25) is 5.02 Å². The highest BCUT2D eigenvalue weighted by Crippen LogP contribution is 2.27. The first-order chi connectivity index (χ1) is 9.29. The first-order valence-electron chi connectivity index (χ1n) is 5.63. The lowest BCUT2D eigenvalue weighted by Crippen LogP contribution is -2.13. The van der Waals surface area contributed by atoms with Gasteiger partial charge in [0.2, 0.25) is 0 Å². The summed E-state index contributed by atoms with van der Waals surface area (Å²) in [4.78, 5) is 0.0786. The zero-order chi connectivity index (χ0) is 14.9. The number of sulfonamides is 1. The van der Waals surface area contributed by atoms with Gasteiger partial charge >= 0.3 is 0 Å². The first kappa shape index (κ1) is 15.2. The number of halogens is 2. The molecular weight excluding hydrogens is 364 g/mol. The minimum absolute atomic E-state index is 0.0786. The Bertz CT molecular complexity index is 763. The second kappa shape index (κ2) is 5.63. The topological polar surface area (TPSA) is 72.2 Å².